The number of carbonyl (C=O) groups is 1. The summed E-state index contributed by atoms with van der Waals surface area (Å²) < 4.78 is 20.4. The van der Waals surface area contributed by atoms with E-state index in [9.17, 15) is 14.3 Å². The van der Waals surface area contributed by atoms with Gasteiger partial charge in [0, 0.05) is 31.5 Å². The Morgan fingerprint density at radius 1 is 1.34 bits per heavy atom. The minimum atomic E-state index is -1.92. The minimum Gasteiger partial charge on any atom is -0.480 e. The lowest BCUT2D eigenvalue weighted by atomic mass is 9.89. The second-order valence-electron chi connectivity index (χ2n) is 10.1. The van der Waals surface area contributed by atoms with Crippen molar-refractivity contribution < 1.29 is 18.7 Å². The number of hydrogen-bond donors (Lipinski definition) is 1. The molecule has 4 nitrogen and oxygen atoms in total. The molecule has 0 bridgehead atoms. The number of aliphatic carboxylic acids is 1. The molecular formula is C23H38FNO3Si. The zero-order valence-corrected chi connectivity index (χ0v) is 20.0. The molecule has 0 saturated carbocycles. The van der Waals surface area contributed by atoms with E-state index < -0.39 is 20.3 Å². The van der Waals surface area contributed by atoms with Crippen LogP contribution in [0.5, 0.6) is 0 Å². The predicted molar refractivity (Wildman–Crippen MR) is 118 cm³/mol. The van der Waals surface area contributed by atoms with Gasteiger partial charge >= 0.3 is 5.97 Å². The van der Waals surface area contributed by atoms with Gasteiger partial charge < -0.3 is 9.53 Å². The van der Waals surface area contributed by atoms with Crippen molar-refractivity contribution in [3.8, 4) is 0 Å². The molecule has 0 spiro atoms. The molecule has 2 rings (SSSR count). The Hall–Kier alpha value is -1.24. The highest BCUT2D eigenvalue weighted by Gasteiger charge is 2.43. The Morgan fingerprint density at radius 3 is 2.52 bits per heavy atom. The van der Waals surface area contributed by atoms with Crippen LogP contribution in [0.1, 0.15) is 52.5 Å². The van der Waals surface area contributed by atoms with Crippen LogP contribution in [0.4, 0.5) is 4.39 Å². The largest absolute Gasteiger partial charge is 0.480 e. The van der Waals surface area contributed by atoms with E-state index in [1.165, 1.54) is 6.07 Å². The van der Waals surface area contributed by atoms with E-state index in [0.717, 1.165) is 12.0 Å². The smallest absolute Gasteiger partial charge is 0.321 e. The molecule has 0 aromatic heterocycles. The van der Waals surface area contributed by atoms with E-state index in [1.807, 2.05) is 19.9 Å². The topological polar surface area (TPSA) is 49.8 Å². The van der Waals surface area contributed by atoms with Gasteiger partial charge in [-0.1, -0.05) is 53.2 Å². The molecule has 6 heteroatoms. The summed E-state index contributed by atoms with van der Waals surface area (Å²) in [7, 11) is -1.92. The molecule has 4 atom stereocenters. The van der Waals surface area contributed by atoms with Gasteiger partial charge in [-0.2, -0.15) is 0 Å². The lowest BCUT2D eigenvalue weighted by Crippen LogP contribution is -2.45. The first-order valence-corrected chi connectivity index (χ1v) is 13.6. The fraction of sp³-hybridized carbons (Fsp3) is 0.696. The summed E-state index contributed by atoms with van der Waals surface area (Å²) in [5.41, 5.74) is 0.935. The number of carboxylic acid groups (broad SMARTS) is 1. The van der Waals surface area contributed by atoms with Gasteiger partial charge in [-0.25, -0.2) is 4.39 Å². The molecule has 4 unspecified atom stereocenters. The van der Waals surface area contributed by atoms with Crippen LogP contribution in [0, 0.1) is 17.7 Å². The second-order valence-corrected chi connectivity index (χ2v) is 14.9. The van der Waals surface area contributed by atoms with Gasteiger partial charge in [0.1, 0.15) is 11.9 Å². The zero-order valence-electron chi connectivity index (χ0n) is 19.0. The van der Waals surface area contributed by atoms with E-state index in [-0.39, 0.29) is 28.6 Å². The summed E-state index contributed by atoms with van der Waals surface area (Å²) in [6.45, 7) is 17.0. The zero-order chi connectivity index (χ0) is 22.0. The number of likely N-dealkylation sites (tertiary alicyclic amines) is 1. The summed E-state index contributed by atoms with van der Waals surface area (Å²) in [6, 6.07) is 6.22. The summed E-state index contributed by atoms with van der Waals surface area (Å²) in [5.74, 6) is -0.746. The summed E-state index contributed by atoms with van der Waals surface area (Å²) in [6.07, 6.45) is 0.809. The first-order valence-electron chi connectivity index (χ1n) is 10.7. The standard InChI is InChI=1S/C23H38FNO3Si/c1-8-16(2)21(22(26)27)25-13-18(15-28-29(6,7)23(3,4)5)20(14-25)17-10-9-11-19(24)12-17/h9-12,16,18,20-21H,8,13-15H2,1-7H3,(H,26,27). The van der Waals surface area contributed by atoms with Crippen molar-refractivity contribution in [3.63, 3.8) is 0 Å². The normalized spacial score (nSPS) is 23.2. The molecule has 1 N–H and O–H groups in total. The molecule has 1 aliphatic rings. The number of rotatable bonds is 8. The third-order valence-electron chi connectivity index (χ3n) is 7.04. The average Bonchev–Trinajstić information content (AvgIpc) is 3.02. The molecular weight excluding hydrogens is 385 g/mol. The maximum Gasteiger partial charge on any atom is 0.321 e. The summed E-state index contributed by atoms with van der Waals surface area (Å²) >= 11 is 0. The average molecular weight is 424 g/mol. The quantitative estimate of drug-likeness (QED) is 0.572. The van der Waals surface area contributed by atoms with Gasteiger partial charge in [-0.3, -0.25) is 9.69 Å². The van der Waals surface area contributed by atoms with Crippen molar-refractivity contribution >= 4 is 14.3 Å². The van der Waals surface area contributed by atoms with Gasteiger partial charge in [0.15, 0.2) is 8.32 Å². The number of halogens is 1. The van der Waals surface area contributed by atoms with Crippen molar-refractivity contribution in [3.05, 3.63) is 35.6 Å². The Balaban J connectivity index is 2.28. The molecule has 1 saturated heterocycles. The second kappa shape index (κ2) is 9.27. The predicted octanol–water partition coefficient (Wildman–Crippen LogP) is 5.36. The first-order chi connectivity index (χ1) is 13.4. The number of nitrogens with zero attached hydrogens (tertiary/aromatic N) is 1. The van der Waals surface area contributed by atoms with Crippen LogP contribution < -0.4 is 0 Å². The molecule has 164 valence electrons. The van der Waals surface area contributed by atoms with Gasteiger partial charge in [0.25, 0.3) is 0 Å². The molecule has 1 aliphatic heterocycles. The maximum atomic E-state index is 13.9. The lowest BCUT2D eigenvalue weighted by molar-refractivity contribution is -0.145. The van der Waals surface area contributed by atoms with E-state index in [2.05, 4.69) is 38.8 Å². The van der Waals surface area contributed by atoms with Crippen LogP contribution in [0.25, 0.3) is 0 Å². The molecule has 1 heterocycles. The maximum absolute atomic E-state index is 13.9. The molecule has 0 radical (unpaired) electrons. The van der Waals surface area contributed by atoms with E-state index >= 15 is 0 Å². The number of hydrogen-bond acceptors (Lipinski definition) is 3. The van der Waals surface area contributed by atoms with E-state index in [4.69, 9.17) is 4.43 Å². The Bertz CT molecular complexity index is 704. The SMILES string of the molecule is CCC(C)C(C(=O)O)N1CC(CO[Si](C)(C)C(C)(C)C)C(c2cccc(F)c2)C1. The summed E-state index contributed by atoms with van der Waals surface area (Å²) in [4.78, 5) is 14.1. The van der Waals surface area contributed by atoms with Crippen LogP contribution in [-0.4, -0.2) is 50.0 Å². The molecule has 1 fully saturated rings. The van der Waals surface area contributed by atoms with Crippen LogP contribution in [0.2, 0.25) is 18.1 Å². The van der Waals surface area contributed by atoms with Crippen molar-refractivity contribution in [1.82, 2.24) is 4.90 Å². The van der Waals surface area contributed by atoms with Crippen LogP contribution in [0.3, 0.4) is 0 Å². The van der Waals surface area contributed by atoms with Gasteiger partial charge in [-0.05, 0) is 41.7 Å². The minimum absolute atomic E-state index is 0.0562. The fourth-order valence-corrected chi connectivity index (χ4v) is 4.99. The van der Waals surface area contributed by atoms with Crippen LogP contribution in [0.15, 0.2) is 24.3 Å². The molecule has 0 aliphatic carbocycles. The molecule has 1 aromatic carbocycles. The highest BCUT2D eigenvalue weighted by atomic mass is 28.4. The van der Waals surface area contributed by atoms with E-state index in [0.29, 0.717) is 19.7 Å². The van der Waals surface area contributed by atoms with Crippen LogP contribution >= 0.6 is 0 Å². The van der Waals surface area contributed by atoms with Gasteiger partial charge in [-0.15, -0.1) is 0 Å². The fourth-order valence-electron chi connectivity index (χ4n) is 3.93. The van der Waals surface area contributed by atoms with Crippen LogP contribution in [-0.2, 0) is 9.22 Å². The third-order valence-corrected chi connectivity index (χ3v) is 11.5. The van der Waals surface area contributed by atoms with E-state index in [1.54, 1.807) is 12.1 Å². The Labute approximate surface area is 176 Å². The molecule has 29 heavy (non-hydrogen) atoms. The highest BCUT2D eigenvalue weighted by Crippen LogP contribution is 2.40. The number of benzene rings is 1. The Morgan fingerprint density at radius 2 is 2.00 bits per heavy atom. The monoisotopic (exact) mass is 423 g/mol. The number of carboxylic acids is 1. The van der Waals surface area contributed by atoms with Crippen molar-refractivity contribution in [2.75, 3.05) is 19.7 Å². The van der Waals surface area contributed by atoms with Crippen molar-refractivity contribution in [2.45, 2.75) is 71.1 Å². The third kappa shape index (κ3) is 5.67. The lowest BCUT2D eigenvalue weighted by Gasteiger charge is -2.37. The highest BCUT2D eigenvalue weighted by molar-refractivity contribution is 6.74. The first kappa shape index (κ1) is 24.0. The van der Waals surface area contributed by atoms with Crippen molar-refractivity contribution in [1.29, 1.82) is 0 Å². The van der Waals surface area contributed by atoms with Gasteiger partial charge in [0.2, 0.25) is 0 Å². The summed E-state index contributed by atoms with van der Waals surface area (Å²) in [5, 5.41) is 9.97. The molecule has 1 aromatic rings. The van der Waals surface area contributed by atoms with Gasteiger partial charge in [0.05, 0.1) is 0 Å². The Kier molecular flexibility index (Phi) is 7.68. The van der Waals surface area contributed by atoms with Crippen molar-refractivity contribution in [2.24, 2.45) is 11.8 Å². The molecule has 0 amide bonds.